The quantitative estimate of drug-likeness (QED) is 0.716. The van der Waals surface area contributed by atoms with E-state index in [0.29, 0.717) is 11.7 Å². The molecule has 1 aromatic heterocycles. The maximum absolute atomic E-state index is 5.78. The Morgan fingerprint density at radius 1 is 1.38 bits per heavy atom. The maximum atomic E-state index is 5.78. The molecule has 1 aliphatic carbocycles. The number of nitrogens with zero attached hydrogens (tertiary/aromatic N) is 2. The molecule has 0 bridgehead atoms. The van der Waals surface area contributed by atoms with Crippen LogP contribution in [0.2, 0.25) is 0 Å². The zero-order valence-corrected chi connectivity index (χ0v) is 8.38. The lowest BCUT2D eigenvalue weighted by molar-refractivity contribution is 0.615. The summed E-state index contributed by atoms with van der Waals surface area (Å²) >= 11 is 0. The van der Waals surface area contributed by atoms with E-state index in [9.17, 15) is 0 Å². The highest BCUT2D eigenvalue weighted by molar-refractivity contribution is 5.42. The van der Waals surface area contributed by atoms with Crippen LogP contribution in [0.4, 0.5) is 5.82 Å². The predicted octanol–water partition coefficient (Wildman–Crippen LogP) is 1.97. The normalized spacial score (nSPS) is 18.3. The second kappa shape index (κ2) is 3.05. The number of rotatable bonds is 1. The van der Waals surface area contributed by atoms with E-state index in [1.54, 1.807) is 0 Å². The lowest BCUT2D eigenvalue weighted by atomic mass is 10.0. The van der Waals surface area contributed by atoms with Crippen molar-refractivity contribution < 1.29 is 0 Å². The van der Waals surface area contributed by atoms with Crippen LogP contribution in [0, 0.1) is 6.92 Å². The molecule has 1 heterocycles. The molecular weight excluding hydrogens is 162 g/mol. The summed E-state index contributed by atoms with van der Waals surface area (Å²) in [6.45, 7) is 2.08. The number of aryl methyl sites for hydroxylation is 1. The van der Waals surface area contributed by atoms with Gasteiger partial charge in [-0.15, -0.1) is 0 Å². The summed E-state index contributed by atoms with van der Waals surface area (Å²) in [5.41, 5.74) is 8.32. The zero-order chi connectivity index (χ0) is 9.42. The lowest BCUT2D eigenvalue weighted by Gasteiger charge is -2.10. The standard InChI is InChI=1S/C10H17N3/c1-7-9(8-5-3-4-6-8)13(2)12-10(7)11/h8H,3-6H2,1-2H3,(H2,11,12). The van der Waals surface area contributed by atoms with Gasteiger partial charge in [-0.25, -0.2) is 0 Å². The highest BCUT2D eigenvalue weighted by Gasteiger charge is 2.23. The fraction of sp³-hybridized carbons (Fsp3) is 0.700. The largest absolute Gasteiger partial charge is 0.382 e. The van der Waals surface area contributed by atoms with E-state index < -0.39 is 0 Å². The van der Waals surface area contributed by atoms with Gasteiger partial charge in [0.15, 0.2) is 0 Å². The van der Waals surface area contributed by atoms with E-state index in [4.69, 9.17) is 5.73 Å². The molecule has 3 heteroatoms. The van der Waals surface area contributed by atoms with Crippen molar-refractivity contribution in [2.75, 3.05) is 5.73 Å². The van der Waals surface area contributed by atoms with Crippen molar-refractivity contribution in [1.82, 2.24) is 9.78 Å². The first-order chi connectivity index (χ1) is 6.20. The summed E-state index contributed by atoms with van der Waals surface area (Å²) in [6.07, 6.45) is 5.32. The average molecular weight is 179 g/mol. The van der Waals surface area contributed by atoms with E-state index in [1.165, 1.54) is 36.9 Å². The molecule has 0 atom stereocenters. The molecule has 2 rings (SSSR count). The molecule has 13 heavy (non-hydrogen) atoms. The Hall–Kier alpha value is -0.990. The van der Waals surface area contributed by atoms with Gasteiger partial charge in [0.1, 0.15) is 5.82 Å². The summed E-state index contributed by atoms with van der Waals surface area (Å²) in [5, 5.41) is 4.25. The first kappa shape index (κ1) is 8.60. The van der Waals surface area contributed by atoms with E-state index in [-0.39, 0.29) is 0 Å². The van der Waals surface area contributed by atoms with E-state index in [0.717, 1.165) is 0 Å². The molecule has 0 amide bonds. The van der Waals surface area contributed by atoms with Gasteiger partial charge in [0.25, 0.3) is 0 Å². The molecule has 1 saturated carbocycles. The van der Waals surface area contributed by atoms with Crippen molar-refractivity contribution in [3.8, 4) is 0 Å². The van der Waals surface area contributed by atoms with Crippen molar-refractivity contribution >= 4 is 5.82 Å². The van der Waals surface area contributed by atoms with Crippen molar-refractivity contribution in [3.05, 3.63) is 11.3 Å². The van der Waals surface area contributed by atoms with Crippen molar-refractivity contribution in [3.63, 3.8) is 0 Å². The number of nitrogen functional groups attached to an aromatic ring is 1. The number of hydrogen-bond donors (Lipinski definition) is 1. The van der Waals surface area contributed by atoms with Crippen LogP contribution in [0.1, 0.15) is 42.9 Å². The van der Waals surface area contributed by atoms with Gasteiger partial charge in [-0.1, -0.05) is 12.8 Å². The average Bonchev–Trinajstić information content (AvgIpc) is 2.63. The third-order valence-electron chi connectivity index (χ3n) is 3.12. The summed E-state index contributed by atoms with van der Waals surface area (Å²) < 4.78 is 1.96. The molecule has 0 aromatic carbocycles. The lowest BCUT2D eigenvalue weighted by Crippen LogP contribution is -2.03. The molecule has 72 valence electrons. The smallest absolute Gasteiger partial charge is 0.148 e. The van der Waals surface area contributed by atoms with Gasteiger partial charge in [0.05, 0.1) is 0 Å². The molecule has 1 fully saturated rings. The maximum Gasteiger partial charge on any atom is 0.148 e. The van der Waals surface area contributed by atoms with Crippen LogP contribution in [0.15, 0.2) is 0 Å². The number of aromatic nitrogens is 2. The van der Waals surface area contributed by atoms with Crippen molar-refractivity contribution in [1.29, 1.82) is 0 Å². The van der Waals surface area contributed by atoms with Crippen molar-refractivity contribution in [2.45, 2.75) is 38.5 Å². The van der Waals surface area contributed by atoms with Crippen LogP contribution >= 0.6 is 0 Å². The van der Waals surface area contributed by atoms with Gasteiger partial charge in [0, 0.05) is 24.2 Å². The highest BCUT2D eigenvalue weighted by Crippen LogP contribution is 2.36. The minimum atomic E-state index is 0.699. The van der Waals surface area contributed by atoms with E-state index >= 15 is 0 Å². The predicted molar refractivity (Wildman–Crippen MR) is 53.6 cm³/mol. The highest BCUT2D eigenvalue weighted by atomic mass is 15.3. The molecule has 0 radical (unpaired) electrons. The Labute approximate surface area is 78.9 Å². The first-order valence-electron chi connectivity index (χ1n) is 4.99. The summed E-state index contributed by atoms with van der Waals surface area (Å²) in [6, 6.07) is 0. The molecule has 0 aliphatic heterocycles. The molecule has 2 N–H and O–H groups in total. The monoisotopic (exact) mass is 179 g/mol. The molecule has 1 aliphatic rings. The molecule has 0 spiro atoms. The molecule has 0 saturated heterocycles. The number of anilines is 1. The fourth-order valence-electron chi connectivity index (χ4n) is 2.43. The Morgan fingerprint density at radius 2 is 2.00 bits per heavy atom. The molecular formula is C10H17N3. The van der Waals surface area contributed by atoms with Crippen LogP contribution in [0.5, 0.6) is 0 Å². The fourth-order valence-corrected chi connectivity index (χ4v) is 2.43. The SMILES string of the molecule is Cc1c(N)nn(C)c1C1CCCC1. The second-order valence-corrected chi connectivity index (χ2v) is 4.00. The van der Waals surface area contributed by atoms with Gasteiger partial charge in [-0.2, -0.15) is 5.10 Å². The van der Waals surface area contributed by atoms with Gasteiger partial charge >= 0.3 is 0 Å². The van der Waals surface area contributed by atoms with Crippen LogP contribution in [0.3, 0.4) is 0 Å². The Bertz CT molecular complexity index is 308. The van der Waals surface area contributed by atoms with E-state index in [1.807, 2.05) is 11.7 Å². The molecule has 0 unspecified atom stereocenters. The minimum Gasteiger partial charge on any atom is -0.382 e. The van der Waals surface area contributed by atoms with Crippen molar-refractivity contribution in [2.24, 2.45) is 7.05 Å². The molecule has 3 nitrogen and oxygen atoms in total. The summed E-state index contributed by atoms with van der Waals surface area (Å²) in [4.78, 5) is 0. The summed E-state index contributed by atoms with van der Waals surface area (Å²) in [5.74, 6) is 1.40. The number of hydrogen-bond acceptors (Lipinski definition) is 2. The van der Waals surface area contributed by atoms with Gasteiger partial charge < -0.3 is 5.73 Å². The second-order valence-electron chi connectivity index (χ2n) is 4.00. The Morgan fingerprint density at radius 3 is 2.46 bits per heavy atom. The van der Waals surface area contributed by atoms with E-state index in [2.05, 4.69) is 12.0 Å². The van der Waals surface area contributed by atoms with Gasteiger partial charge in [0.2, 0.25) is 0 Å². The van der Waals surface area contributed by atoms with Gasteiger partial charge in [-0.05, 0) is 19.8 Å². The minimum absolute atomic E-state index is 0.699. The number of nitrogens with two attached hydrogens (primary N) is 1. The molecule has 1 aromatic rings. The third kappa shape index (κ3) is 1.32. The summed E-state index contributed by atoms with van der Waals surface area (Å²) in [7, 11) is 2.00. The van der Waals surface area contributed by atoms with Crippen LogP contribution in [0.25, 0.3) is 0 Å². The van der Waals surface area contributed by atoms with Crippen LogP contribution in [-0.2, 0) is 7.05 Å². The van der Waals surface area contributed by atoms with Crippen LogP contribution < -0.4 is 5.73 Å². The Kier molecular flexibility index (Phi) is 2.02. The topological polar surface area (TPSA) is 43.8 Å². The zero-order valence-electron chi connectivity index (χ0n) is 8.38. The van der Waals surface area contributed by atoms with Gasteiger partial charge in [-0.3, -0.25) is 4.68 Å². The Balaban J connectivity index is 2.37. The first-order valence-corrected chi connectivity index (χ1v) is 4.99. The third-order valence-corrected chi connectivity index (χ3v) is 3.12. The van der Waals surface area contributed by atoms with Crippen LogP contribution in [-0.4, -0.2) is 9.78 Å².